The Kier molecular flexibility index (Phi) is 4.07. The summed E-state index contributed by atoms with van der Waals surface area (Å²) < 4.78 is 5.61. The molecule has 1 amide bonds. The predicted molar refractivity (Wildman–Crippen MR) is 92.8 cm³/mol. The van der Waals surface area contributed by atoms with E-state index in [1.165, 1.54) is 5.56 Å². The smallest absolute Gasteiger partial charge is 0.236 e. The first kappa shape index (κ1) is 16.3. The highest BCUT2D eigenvalue weighted by Gasteiger charge is 2.54. The molecule has 2 aliphatic heterocycles. The zero-order chi connectivity index (χ0) is 17.4. The lowest BCUT2D eigenvalue weighted by Gasteiger charge is -2.41. The molecule has 2 aliphatic rings. The number of hydrogen-bond donors (Lipinski definition) is 0. The van der Waals surface area contributed by atoms with Gasteiger partial charge in [0.2, 0.25) is 11.8 Å². The van der Waals surface area contributed by atoms with Crippen LogP contribution < -0.4 is 0 Å². The van der Waals surface area contributed by atoms with Crippen LogP contribution in [0.25, 0.3) is 0 Å². The highest BCUT2D eigenvalue weighted by molar-refractivity contribution is 5.74. The molecule has 132 valence electrons. The average molecular weight is 340 g/mol. The molecule has 2 fully saturated rings. The van der Waals surface area contributed by atoms with Crippen LogP contribution in [0.2, 0.25) is 0 Å². The molecular formula is C19H24N4O2. The van der Waals surface area contributed by atoms with Gasteiger partial charge >= 0.3 is 0 Å². The number of nitrogens with zero attached hydrogens (tertiary/aromatic N) is 4. The minimum Gasteiger partial charge on any atom is -0.341 e. The van der Waals surface area contributed by atoms with Crippen LogP contribution >= 0.6 is 0 Å². The third-order valence-corrected chi connectivity index (χ3v) is 5.64. The summed E-state index contributed by atoms with van der Waals surface area (Å²) in [6, 6.07) is 10.5. The van der Waals surface area contributed by atoms with Crippen molar-refractivity contribution in [3.05, 3.63) is 47.6 Å². The molecule has 0 aliphatic carbocycles. The Labute approximate surface area is 147 Å². The number of fused-ring (bicyclic) bond motifs is 1. The Hall–Kier alpha value is -2.21. The first-order chi connectivity index (χ1) is 12.1. The summed E-state index contributed by atoms with van der Waals surface area (Å²) in [4.78, 5) is 20.9. The van der Waals surface area contributed by atoms with E-state index in [4.69, 9.17) is 4.52 Å². The van der Waals surface area contributed by atoms with E-state index in [-0.39, 0.29) is 11.3 Å². The van der Waals surface area contributed by atoms with Crippen LogP contribution in [0, 0.1) is 12.8 Å². The van der Waals surface area contributed by atoms with Gasteiger partial charge in [-0.2, -0.15) is 4.98 Å². The van der Waals surface area contributed by atoms with Gasteiger partial charge in [0.15, 0.2) is 5.82 Å². The Morgan fingerprint density at radius 1 is 1.32 bits per heavy atom. The van der Waals surface area contributed by atoms with Gasteiger partial charge in [-0.25, -0.2) is 0 Å². The molecule has 2 aromatic rings. The second kappa shape index (κ2) is 6.26. The molecular weight excluding hydrogens is 316 g/mol. The maximum atomic E-state index is 12.0. The maximum absolute atomic E-state index is 12.0. The molecule has 3 heterocycles. The quantitative estimate of drug-likeness (QED) is 0.855. The van der Waals surface area contributed by atoms with Gasteiger partial charge in [0.05, 0.1) is 5.41 Å². The van der Waals surface area contributed by atoms with Gasteiger partial charge in [-0.05, 0) is 31.4 Å². The topological polar surface area (TPSA) is 62.5 Å². The van der Waals surface area contributed by atoms with Crippen LogP contribution in [-0.2, 0) is 16.8 Å². The van der Waals surface area contributed by atoms with E-state index in [0.717, 1.165) is 32.6 Å². The van der Waals surface area contributed by atoms with E-state index in [1.54, 1.807) is 6.92 Å². The van der Waals surface area contributed by atoms with E-state index < -0.39 is 0 Å². The van der Waals surface area contributed by atoms with Crippen molar-refractivity contribution in [2.45, 2.75) is 32.2 Å². The average Bonchev–Trinajstić information content (AvgIpc) is 3.20. The van der Waals surface area contributed by atoms with E-state index >= 15 is 0 Å². The summed E-state index contributed by atoms with van der Waals surface area (Å²) in [5, 5.41) is 4.02. The number of aromatic nitrogens is 2. The van der Waals surface area contributed by atoms with Crippen LogP contribution in [0.15, 0.2) is 34.9 Å². The second-order valence-electron chi connectivity index (χ2n) is 7.38. The normalized spacial score (nSPS) is 26.6. The van der Waals surface area contributed by atoms with Crippen molar-refractivity contribution in [3.8, 4) is 0 Å². The third kappa shape index (κ3) is 2.95. The van der Waals surface area contributed by atoms with Crippen LogP contribution in [0.4, 0.5) is 0 Å². The Balaban J connectivity index is 1.63. The lowest BCUT2D eigenvalue weighted by Crippen LogP contribution is -2.51. The summed E-state index contributed by atoms with van der Waals surface area (Å²) in [5.41, 5.74) is 1.05. The molecule has 0 radical (unpaired) electrons. The summed E-state index contributed by atoms with van der Waals surface area (Å²) >= 11 is 0. The monoisotopic (exact) mass is 340 g/mol. The molecule has 2 atom stereocenters. The van der Waals surface area contributed by atoms with Crippen LogP contribution in [-0.4, -0.2) is 52.0 Å². The van der Waals surface area contributed by atoms with Crippen molar-refractivity contribution in [1.29, 1.82) is 0 Å². The van der Waals surface area contributed by atoms with Crippen molar-refractivity contribution < 1.29 is 9.32 Å². The SMILES string of the molecule is CC(=O)N1C[C@@H]2CCN(Cc3ccccc3)C[C@]2(c2nc(C)no2)C1. The number of carbonyl (C=O) groups excluding carboxylic acids is 1. The summed E-state index contributed by atoms with van der Waals surface area (Å²) in [6.45, 7) is 7.73. The second-order valence-corrected chi connectivity index (χ2v) is 7.38. The molecule has 0 bridgehead atoms. The first-order valence-electron chi connectivity index (χ1n) is 8.89. The lowest BCUT2D eigenvalue weighted by molar-refractivity contribution is -0.128. The number of likely N-dealkylation sites (tertiary alicyclic amines) is 2. The molecule has 0 saturated carbocycles. The van der Waals surface area contributed by atoms with Crippen LogP contribution in [0.5, 0.6) is 0 Å². The van der Waals surface area contributed by atoms with Crippen molar-refractivity contribution in [2.75, 3.05) is 26.2 Å². The molecule has 0 unspecified atom stereocenters. The van der Waals surface area contributed by atoms with Gasteiger partial charge < -0.3 is 9.42 Å². The minimum atomic E-state index is -0.250. The fraction of sp³-hybridized carbons (Fsp3) is 0.526. The van der Waals surface area contributed by atoms with Gasteiger partial charge in [0, 0.05) is 33.1 Å². The number of amides is 1. The summed E-state index contributed by atoms with van der Waals surface area (Å²) in [6.07, 6.45) is 1.04. The number of aryl methyl sites for hydroxylation is 1. The van der Waals surface area contributed by atoms with Gasteiger partial charge in [-0.1, -0.05) is 35.5 Å². The largest absolute Gasteiger partial charge is 0.341 e. The van der Waals surface area contributed by atoms with Gasteiger partial charge in [0.1, 0.15) is 0 Å². The molecule has 4 rings (SSSR count). The molecule has 1 aromatic carbocycles. The number of hydrogen-bond acceptors (Lipinski definition) is 5. The zero-order valence-electron chi connectivity index (χ0n) is 14.8. The van der Waals surface area contributed by atoms with Crippen molar-refractivity contribution in [2.24, 2.45) is 5.92 Å². The summed E-state index contributed by atoms with van der Waals surface area (Å²) in [7, 11) is 0. The molecule has 0 spiro atoms. The van der Waals surface area contributed by atoms with Gasteiger partial charge in [-0.3, -0.25) is 9.69 Å². The van der Waals surface area contributed by atoms with E-state index in [1.807, 2.05) is 17.9 Å². The van der Waals surface area contributed by atoms with Crippen LogP contribution in [0.1, 0.15) is 30.6 Å². The third-order valence-electron chi connectivity index (χ3n) is 5.64. The Morgan fingerprint density at radius 2 is 2.12 bits per heavy atom. The maximum Gasteiger partial charge on any atom is 0.236 e. The highest BCUT2D eigenvalue weighted by Crippen LogP contribution is 2.44. The van der Waals surface area contributed by atoms with Gasteiger partial charge in [0.25, 0.3) is 0 Å². The zero-order valence-corrected chi connectivity index (χ0v) is 14.8. The number of piperidine rings is 1. The Morgan fingerprint density at radius 3 is 2.80 bits per heavy atom. The van der Waals surface area contributed by atoms with Crippen molar-refractivity contribution >= 4 is 5.91 Å². The van der Waals surface area contributed by atoms with E-state index in [2.05, 4.69) is 39.3 Å². The fourth-order valence-electron chi connectivity index (χ4n) is 4.36. The van der Waals surface area contributed by atoms with E-state index in [9.17, 15) is 4.79 Å². The van der Waals surface area contributed by atoms with Gasteiger partial charge in [-0.15, -0.1) is 0 Å². The highest BCUT2D eigenvalue weighted by atomic mass is 16.5. The number of rotatable bonds is 3. The number of carbonyl (C=O) groups is 1. The number of benzene rings is 1. The molecule has 6 heteroatoms. The van der Waals surface area contributed by atoms with Crippen molar-refractivity contribution in [1.82, 2.24) is 19.9 Å². The predicted octanol–water partition coefficient (Wildman–Crippen LogP) is 2.00. The van der Waals surface area contributed by atoms with Crippen LogP contribution in [0.3, 0.4) is 0 Å². The molecule has 0 N–H and O–H groups in total. The Bertz CT molecular complexity index is 760. The molecule has 2 saturated heterocycles. The van der Waals surface area contributed by atoms with E-state index in [0.29, 0.717) is 24.2 Å². The molecule has 1 aromatic heterocycles. The molecule has 25 heavy (non-hydrogen) atoms. The van der Waals surface area contributed by atoms with Crippen molar-refractivity contribution in [3.63, 3.8) is 0 Å². The molecule has 6 nitrogen and oxygen atoms in total. The minimum absolute atomic E-state index is 0.125. The first-order valence-corrected chi connectivity index (χ1v) is 8.89. The lowest BCUT2D eigenvalue weighted by atomic mass is 9.73. The summed E-state index contributed by atoms with van der Waals surface area (Å²) in [5.74, 6) is 1.85. The fourth-order valence-corrected chi connectivity index (χ4v) is 4.36. The standard InChI is InChI=1S/C19H24N4O2/c1-14-20-18(25-21-14)19-12-22(10-16-6-4-3-5-7-16)9-8-17(19)11-23(13-19)15(2)24/h3-7,17H,8-13H2,1-2H3/t17-,19-/m0/s1.